The molecule has 110 valence electrons. The van der Waals surface area contributed by atoms with Crippen molar-refractivity contribution in [2.24, 2.45) is 5.92 Å². The second-order valence-electron chi connectivity index (χ2n) is 6.32. The van der Waals surface area contributed by atoms with Crippen LogP contribution in [0.3, 0.4) is 0 Å². The molecule has 0 aromatic heterocycles. The SMILES string of the molecule is Cc1cccc(N2CCN(CC3CCNCC3)CC2)c1. The predicted octanol–water partition coefficient (Wildman–Crippen LogP) is 2.12. The number of benzene rings is 1. The fourth-order valence-electron chi connectivity index (χ4n) is 3.44. The van der Waals surface area contributed by atoms with Crippen LogP contribution in [0, 0.1) is 12.8 Å². The summed E-state index contributed by atoms with van der Waals surface area (Å²) in [6, 6.07) is 8.90. The minimum Gasteiger partial charge on any atom is -0.369 e. The van der Waals surface area contributed by atoms with Gasteiger partial charge in [-0.15, -0.1) is 0 Å². The maximum absolute atomic E-state index is 3.46. The van der Waals surface area contributed by atoms with Crippen molar-refractivity contribution in [2.45, 2.75) is 19.8 Å². The van der Waals surface area contributed by atoms with Gasteiger partial charge in [0.25, 0.3) is 0 Å². The second-order valence-corrected chi connectivity index (χ2v) is 6.32. The molecule has 2 saturated heterocycles. The average Bonchev–Trinajstić information content (AvgIpc) is 2.49. The molecule has 3 heteroatoms. The monoisotopic (exact) mass is 273 g/mol. The van der Waals surface area contributed by atoms with Gasteiger partial charge < -0.3 is 10.2 Å². The molecule has 1 aromatic carbocycles. The number of piperazine rings is 1. The summed E-state index contributed by atoms with van der Waals surface area (Å²) in [4.78, 5) is 5.20. The number of rotatable bonds is 3. The van der Waals surface area contributed by atoms with E-state index in [0.29, 0.717) is 0 Å². The minimum atomic E-state index is 0.918. The Labute approximate surface area is 123 Å². The van der Waals surface area contributed by atoms with Crippen LogP contribution in [-0.4, -0.2) is 50.7 Å². The normalized spacial score (nSPS) is 22.1. The van der Waals surface area contributed by atoms with Gasteiger partial charge in [0.1, 0.15) is 0 Å². The second kappa shape index (κ2) is 6.59. The Morgan fingerprint density at radius 1 is 1.10 bits per heavy atom. The van der Waals surface area contributed by atoms with Gasteiger partial charge in [-0.25, -0.2) is 0 Å². The molecule has 1 aromatic rings. The van der Waals surface area contributed by atoms with E-state index in [1.54, 1.807) is 0 Å². The van der Waals surface area contributed by atoms with Gasteiger partial charge in [-0.1, -0.05) is 12.1 Å². The van der Waals surface area contributed by atoms with E-state index in [9.17, 15) is 0 Å². The summed E-state index contributed by atoms with van der Waals surface area (Å²) in [6.07, 6.45) is 2.72. The number of aryl methyl sites for hydroxylation is 1. The fraction of sp³-hybridized carbons (Fsp3) is 0.647. The van der Waals surface area contributed by atoms with Crippen molar-refractivity contribution < 1.29 is 0 Å². The van der Waals surface area contributed by atoms with Crippen LogP contribution < -0.4 is 10.2 Å². The summed E-state index contributed by atoms with van der Waals surface area (Å²) in [7, 11) is 0. The van der Waals surface area contributed by atoms with Gasteiger partial charge in [-0.05, 0) is 56.5 Å². The van der Waals surface area contributed by atoms with Crippen LogP contribution in [0.1, 0.15) is 18.4 Å². The van der Waals surface area contributed by atoms with Crippen molar-refractivity contribution in [3.8, 4) is 0 Å². The van der Waals surface area contributed by atoms with Crippen molar-refractivity contribution in [2.75, 3.05) is 50.7 Å². The lowest BCUT2D eigenvalue weighted by Gasteiger charge is -2.38. The molecule has 2 aliphatic rings. The van der Waals surface area contributed by atoms with Crippen molar-refractivity contribution in [1.29, 1.82) is 0 Å². The Morgan fingerprint density at radius 3 is 2.55 bits per heavy atom. The number of hydrogen-bond donors (Lipinski definition) is 1. The summed E-state index contributed by atoms with van der Waals surface area (Å²) in [5.41, 5.74) is 2.76. The first-order valence-electron chi connectivity index (χ1n) is 8.06. The highest BCUT2D eigenvalue weighted by Gasteiger charge is 2.21. The Morgan fingerprint density at radius 2 is 1.85 bits per heavy atom. The number of piperidine rings is 1. The molecule has 0 bridgehead atoms. The highest BCUT2D eigenvalue weighted by atomic mass is 15.3. The van der Waals surface area contributed by atoms with E-state index in [0.717, 1.165) is 5.92 Å². The fourth-order valence-corrected chi connectivity index (χ4v) is 3.44. The zero-order valence-electron chi connectivity index (χ0n) is 12.6. The van der Waals surface area contributed by atoms with Gasteiger partial charge in [-0.2, -0.15) is 0 Å². The highest BCUT2D eigenvalue weighted by Crippen LogP contribution is 2.19. The zero-order valence-corrected chi connectivity index (χ0v) is 12.6. The van der Waals surface area contributed by atoms with E-state index < -0.39 is 0 Å². The zero-order chi connectivity index (χ0) is 13.8. The first-order valence-corrected chi connectivity index (χ1v) is 8.06. The van der Waals surface area contributed by atoms with E-state index in [4.69, 9.17) is 0 Å². The molecule has 0 amide bonds. The molecule has 0 atom stereocenters. The van der Waals surface area contributed by atoms with E-state index in [1.807, 2.05) is 0 Å². The van der Waals surface area contributed by atoms with Crippen LogP contribution in [0.25, 0.3) is 0 Å². The molecule has 1 N–H and O–H groups in total. The molecule has 0 unspecified atom stereocenters. The maximum atomic E-state index is 3.46. The van der Waals surface area contributed by atoms with Crippen molar-refractivity contribution >= 4 is 5.69 Å². The molecule has 2 fully saturated rings. The Hall–Kier alpha value is -1.06. The Bertz CT molecular complexity index is 418. The quantitative estimate of drug-likeness (QED) is 0.910. The van der Waals surface area contributed by atoms with Crippen LogP contribution in [0.2, 0.25) is 0 Å². The standard InChI is InChI=1S/C17H27N3/c1-15-3-2-4-17(13-15)20-11-9-19(10-12-20)14-16-5-7-18-8-6-16/h2-4,13,16,18H,5-12,14H2,1H3. The van der Waals surface area contributed by atoms with Crippen LogP contribution in [0.4, 0.5) is 5.69 Å². The lowest BCUT2D eigenvalue weighted by Crippen LogP contribution is -2.48. The van der Waals surface area contributed by atoms with E-state index >= 15 is 0 Å². The number of nitrogens with one attached hydrogen (secondary N) is 1. The van der Waals surface area contributed by atoms with E-state index in [-0.39, 0.29) is 0 Å². The number of hydrogen-bond acceptors (Lipinski definition) is 3. The third-order valence-electron chi connectivity index (χ3n) is 4.71. The molecule has 3 nitrogen and oxygen atoms in total. The lowest BCUT2D eigenvalue weighted by molar-refractivity contribution is 0.196. The summed E-state index contributed by atoms with van der Waals surface area (Å²) < 4.78 is 0. The van der Waals surface area contributed by atoms with Crippen LogP contribution in [0.15, 0.2) is 24.3 Å². The third kappa shape index (κ3) is 3.53. The predicted molar refractivity (Wildman–Crippen MR) is 85.4 cm³/mol. The molecular formula is C17H27N3. The Kier molecular flexibility index (Phi) is 4.58. The largest absolute Gasteiger partial charge is 0.369 e. The summed E-state index contributed by atoms with van der Waals surface area (Å²) in [5.74, 6) is 0.918. The van der Waals surface area contributed by atoms with Crippen molar-refractivity contribution in [3.63, 3.8) is 0 Å². The smallest absolute Gasteiger partial charge is 0.0369 e. The first-order chi connectivity index (χ1) is 9.81. The third-order valence-corrected chi connectivity index (χ3v) is 4.71. The van der Waals surface area contributed by atoms with Gasteiger partial charge >= 0.3 is 0 Å². The van der Waals surface area contributed by atoms with Crippen LogP contribution in [0.5, 0.6) is 0 Å². The summed E-state index contributed by atoms with van der Waals surface area (Å²) in [6.45, 7) is 10.7. The molecule has 3 rings (SSSR count). The van der Waals surface area contributed by atoms with Crippen LogP contribution >= 0.6 is 0 Å². The minimum absolute atomic E-state index is 0.918. The summed E-state index contributed by atoms with van der Waals surface area (Å²) >= 11 is 0. The van der Waals surface area contributed by atoms with Gasteiger partial charge in [0.2, 0.25) is 0 Å². The molecule has 0 spiro atoms. The molecule has 20 heavy (non-hydrogen) atoms. The van der Waals surface area contributed by atoms with Crippen molar-refractivity contribution in [3.05, 3.63) is 29.8 Å². The molecule has 2 heterocycles. The van der Waals surface area contributed by atoms with Gasteiger partial charge in [-0.3, -0.25) is 4.90 Å². The molecule has 0 aliphatic carbocycles. The molecule has 2 aliphatic heterocycles. The van der Waals surface area contributed by atoms with Gasteiger partial charge in [0.15, 0.2) is 0 Å². The van der Waals surface area contributed by atoms with Gasteiger partial charge in [0, 0.05) is 38.4 Å². The average molecular weight is 273 g/mol. The van der Waals surface area contributed by atoms with Crippen molar-refractivity contribution in [1.82, 2.24) is 10.2 Å². The number of anilines is 1. The van der Waals surface area contributed by atoms with Gasteiger partial charge in [0.05, 0.1) is 0 Å². The van der Waals surface area contributed by atoms with E-state index in [1.165, 1.54) is 69.9 Å². The number of nitrogens with zero attached hydrogens (tertiary/aromatic N) is 2. The van der Waals surface area contributed by atoms with E-state index in [2.05, 4.69) is 46.3 Å². The lowest BCUT2D eigenvalue weighted by atomic mass is 9.97. The first kappa shape index (κ1) is 13.9. The highest BCUT2D eigenvalue weighted by molar-refractivity contribution is 5.48. The Balaban J connectivity index is 1.49. The topological polar surface area (TPSA) is 18.5 Å². The molecule has 0 saturated carbocycles. The molecular weight excluding hydrogens is 246 g/mol. The summed E-state index contributed by atoms with van der Waals surface area (Å²) in [5, 5.41) is 3.46. The maximum Gasteiger partial charge on any atom is 0.0369 e. The molecule has 0 radical (unpaired) electrons. The van der Waals surface area contributed by atoms with Crippen LogP contribution in [-0.2, 0) is 0 Å².